The van der Waals surface area contributed by atoms with E-state index in [1.807, 2.05) is 0 Å². The maximum absolute atomic E-state index is 13.1. The number of rotatable bonds is 7. The van der Waals surface area contributed by atoms with Gasteiger partial charge in [0.25, 0.3) is 0 Å². The first-order valence-corrected chi connectivity index (χ1v) is 14.3. The first-order valence-electron chi connectivity index (χ1n) is 12.8. The zero-order valence-electron chi connectivity index (χ0n) is 21.9. The Balaban J connectivity index is 1.35. The summed E-state index contributed by atoms with van der Waals surface area (Å²) in [5.41, 5.74) is 0.532. The molecule has 1 saturated carbocycles. The van der Waals surface area contributed by atoms with Crippen LogP contribution in [0.4, 0.5) is 0 Å². The van der Waals surface area contributed by atoms with Gasteiger partial charge < -0.3 is 55.0 Å². The number of H-pyrrole nitrogens is 1. The number of aliphatic hydroxyl groups is 3. The Morgan fingerprint density at radius 2 is 1.90 bits per heavy atom. The Kier molecular flexibility index (Phi) is 7.97. The van der Waals surface area contributed by atoms with E-state index in [0.29, 0.717) is 5.52 Å². The Hall–Kier alpha value is -2.21. The Labute approximate surface area is 228 Å². The molecule has 1 aromatic carbocycles. The summed E-state index contributed by atoms with van der Waals surface area (Å²) < 4.78 is 34.0. The van der Waals surface area contributed by atoms with E-state index in [9.17, 15) is 24.7 Å². The Morgan fingerprint density at radius 3 is 2.58 bits per heavy atom. The number of aromatic amines is 1. The Morgan fingerprint density at radius 1 is 1.18 bits per heavy atom. The van der Waals surface area contributed by atoms with Crippen molar-refractivity contribution in [3.8, 4) is 5.75 Å². The van der Waals surface area contributed by atoms with Crippen molar-refractivity contribution in [2.24, 2.45) is 0 Å². The molecular formula is C23H34N5O11P. The molecule has 17 heteroatoms. The van der Waals surface area contributed by atoms with Crippen LogP contribution in [0.5, 0.6) is 5.75 Å². The van der Waals surface area contributed by atoms with Gasteiger partial charge in [0.1, 0.15) is 29.7 Å². The summed E-state index contributed by atoms with van der Waals surface area (Å²) in [5.74, 6) is -2.63. The van der Waals surface area contributed by atoms with Crippen molar-refractivity contribution in [3.05, 3.63) is 24.0 Å². The topological polar surface area (TPSA) is 237 Å². The van der Waals surface area contributed by atoms with Gasteiger partial charge in [0.05, 0.1) is 42.3 Å². The summed E-state index contributed by atoms with van der Waals surface area (Å²) in [6.45, 7) is 1.74. The minimum atomic E-state index is -4.82. The molecule has 10 atom stereocenters. The van der Waals surface area contributed by atoms with Gasteiger partial charge >= 0.3 is 7.82 Å². The fourth-order valence-corrected chi connectivity index (χ4v) is 6.17. The normalized spacial score (nSPS) is 38.0. The van der Waals surface area contributed by atoms with Crippen LogP contribution < -0.4 is 20.5 Å². The minimum Gasteiger partial charge on any atom is -0.402 e. The number of hydrogen-bond acceptors (Lipinski definition) is 12. The molecule has 9 N–H and O–H groups in total. The third-order valence-corrected chi connectivity index (χ3v) is 7.99. The van der Waals surface area contributed by atoms with E-state index < -0.39 is 74.5 Å². The van der Waals surface area contributed by atoms with E-state index in [-0.39, 0.29) is 29.9 Å². The zero-order valence-corrected chi connectivity index (χ0v) is 22.8. The molecule has 1 aliphatic carbocycles. The molecule has 3 aliphatic rings. The van der Waals surface area contributed by atoms with Crippen molar-refractivity contribution < 1.29 is 53.2 Å². The van der Waals surface area contributed by atoms with Gasteiger partial charge in [0, 0.05) is 0 Å². The maximum atomic E-state index is 13.1. The van der Waals surface area contributed by atoms with Crippen LogP contribution in [0, 0.1) is 0 Å². The average Bonchev–Trinajstić information content (AvgIpc) is 3.27. The molecule has 3 heterocycles. The highest BCUT2D eigenvalue weighted by molar-refractivity contribution is 7.46. The molecular weight excluding hydrogens is 553 g/mol. The molecule has 2 aromatic rings. The lowest BCUT2D eigenvalue weighted by molar-refractivity contribution is -0.449. The minimum absolute atomic E-state index is 0.126. The average molecular weight is 588 g/mol. The highest BCUT2D eigenvalue weighted by Crippen LogP contribution is 2.42. The third-order valence-electron chi connectivity index (χ3n) is 7.56. The van der Waals surface area contributed by atoms with Crippen molar-refractivity contribution >= 4 is 24.8 Å². The van der Waals surface area contributed by atoms with Crippen molar-refractivity contribution in [3.63, 3.8) is 0 Å². The number of carbonyl (C=O) groups is 1. The quantitative estimate of drug-likeness (QED) is 0.153. The number of imidazole rings is 1. The third kappa shape index (κ3) is 5.37. The van der Waals surface area contributed by atoms with Gasteiger partial charge in [-0.1, -0.05) is 6.07 Å². The van der Waals surface area contributed by atoms with Gasteiger partial charge in [-0.05, 0) is 39.6 Å². The maximum Gasteiger partial charge on any atom is 0.524 e. The molecule has 2 aliphatic heterocycles. The largest absolute Gasteiger partial charge is 0.524 e. The van der Waals surface area contributed by atoms with E-state index in [0.717, 1.165) is 0 Å². The SMILES string of the molecule is CN[C@@H]1[C@H](O)[C@H](NC)[C@H]2O[C@]3(O)[C@H](O[C@@H]2[C@H]1O)O[C@H](C)C[C@H]3NC(=O)Cc1nc2cccc(OP(=O)(O)O)c2[nH]1. The fraction of sp³-hybridized carbons (Fsp3) is 0.652. The molecule has 1 aromatic heterocycles. The van der Waals surface area contributed by atoms with Gasteiger partial charge in [-0.3, -0.25) is 14.6 Å². The van der Waals surface area contributed by atoms with Crippen LogP contribution in [0.25, 0.3) is 11.0 Å². The lowest BCUT2D eigenvalue weighted by Crippen LogP contribution is -2.79. The number of para-hydroxylation sites is 1. The van der Waals surface area contributed by atoms with Crippen LogP contribution >= 0.6 is 7.82 Å². The monoisotopic (exact) mass is 587 g/mol. The predicted octanol–water partition coefficient (Wildman–Crippen LogP) is -2.42. The van der Waals surface area contributed by atoms with Crippen LogP contribution in [0.15, 0.2) is 18.2 Å². The number of nitrogens with one attached hydrogen (secondary N) is 4. The second-order valence-electron chi connectivity index (χ2n) is 10.3. The number of ether oxygens (including phenoxy) is 3. The molecule has 0 bridgehead atoms. The lowest BCUT2D eigenvalue weighted by atomic mass is 9.79. The second kappa shape index (κ2) is 10.9. The first kappa shape index (κ1) is 29.3. The number of fused-ring (bicyclic) bond motifs is 3. The number of likely N-dealkylation sites (N-methyl/N-ethyl adjacent to an activating group) is 2. The van der Waals surface area contributed by atoms with Crippen molar-refractivity contribution in [2.45, 2.75) is 80.5 Å². The highest BCUT2D eigenvalue weighted by atomic mass is 31.2. The molecule has 0 radical (unpaired) electrons. The number of hydrogen-bond donors (Lipinski definition) is 9. The fourth-order valence-electron chi connectivity index (χ4n) is 5.76. The van der Waals surface area contributed by atoms with Crippen LogP contribution in [0.3, 0.4) is 0 Å². The summed E-state index contributed by atoms with van der Waals surface area (Å²) in [6.07, 6.45) is -6.12. The number of benzene rings is 1. The van der Waals surface area contributed by atoms with E-state index in [1.54, 1.807) is 27.1 Å². The van der Waals surface area contributed by atoms with Gasteiger partial charge in [0.15, 0.2) is 5.75 Å². The van der Waals surface area contributed by atoms with Crippen LogP contribution in [-0.2, 0) is 30.0 Å². The molecule has 222 valence electrons. The summed E-state index contributed by atoms with van der Waals surface area (Å²) in [4.78, 5) is 38.6. The molecule has 0 unspecified atom stereocenters. The van der Waals surface area contributed by atoms with Gasteiger partial charge in [-0.2, -0.15) is 0 Å². The van der Waals surface area contributed by atoms with Crippen LogP contribution in [0.2, 0.25) is 0 Å². The molecule has 1 amide bonds. The summed E-state index contributed by atoms with van der Waals surface area (Å²) >= 11 is 0. The van der Waals surface area contributed by atoms with E-state index in [4.69, 9.17) is 28.5 Å². The second-order valence-corrected chi connectivity index (χ2v) is 11.4. The molecule has 0 spiro atoms. The van der Waals surface area contributed by atoms with Crippen LogP contribution in [0.1, 0.15) is 19.2 Å². The van der Waals surface area contributed by atoms with Crippen LogP contribution in [-0.4, -0.2) is 116 Å². The summed E-state index contributed by atoms with van der Waals surface area (Å²) in [6, 6.07) is 1.98. The van der Waals surface area contributed by atoms with Gasteiger partial charge in [-0.25, -0.2) is 9.55 Å². The number of aliphatic hydroxyl groups excluding tert-OH is 2. The molecule has 16 nitrogen and oxygen atoms in total. The first-order chi connectivity index (χ1) is 18.8. The van der Waals surface area contributed by atoms with E-state index >= 15 is 0 Å². The molecule has 5 rings (SSSR count). The van der Waals surface area contributed by atoms with Gasteiger partial charge in [-0.15, -0.1) is 0 Å². The number of phosphoric ester groups is 1. The number of amides is 1. The van der Waals surface area contributed by atoms with Gasteiger partial charge in [0.2, 0.25) is 18.0 Å². The number of carbonyl (C=O) groups excluding carboxylic acids is 1. The summed E-state index contributed by atoms with van der Waals surface area (Å²) in [7, 11) is -1.62. The smallest absolute Gasteiger partial charge is 0.402 e. The van der Waals surface area contributed by atoms with Crippen molar-refractivity contribution in [1.82, 2.24) is 25.9 Å². The number of nitrogens with zero attached hydrogens (tertiary/aromatic N) is 1. The molecule has 2 saturated heterocycles. The predicted molar refractivity (Wildman–Crippen MR) is 136 cm³/mol. The molecule has 40 heavy (non-hydrogen) atoms. The number of phosphoric acid groups is 1. The highest BCUT2D eigenvalue weighted by Gasteiger charge is 2.63. The number of aromatic nitrogens is 2. The standard InChI is InChI=1S/C23H34N5O11P/c1-9-7-12(27-14(29)8-13-26-10-5-4-6-11(15(10)28-13)39-40(33,34)35)23(32)22(36-9)37-21-19(31)16(24-2)18(30)17(25-3)20(21)38-23/h4-6,9,12,16-22,24-25,30-32H,7-8H2,1-3H3,(H,26,28)(H,27,29)(H2,33,34,35)/t9-,12-,16-,17+,18+,19+,20-,21-,22+,23+/m1/s1. The van der Waals surface area contributed by atoms with Crippen molar-refractivity contribution in [2.75, 3.05) is 14.1 Å². The zero-order chi connectivity index (χ0) is 29.0. The molecule has 3 fully saturated rings. The van der Waals surface area contributed by atoms with Crippen molar-refractivity contribution in [1.29, 1.82) is 0 Å². The lowest BCUT2D eigenvalue weighted by Gasteiger charge is -2.58. The summed E-state index contributed by atoms with van der Waals surface area (Å²) in [5, 5.41) is 42.0. The van der Waals surface area contributed by atoms with E-state index in [1.165, 1.54) is 12.1 Å². The van der Waals surface area contributed by atoms with E-state index in [2.05, 4.69) is 25.9 Å². The Bertz CT molecular complexity index is 1290.